The molecule has 25 heavy (non-hydrogen) atoms. The van der Waals surface area contributed by atoms with E-state index in [2.05, 4.69) is 20.0 Å². The smallest absolute Gasteiger partial charge is 0.413 e. The number of fused-ring (bicyclic) bond motifs is 1. The van der Waals surface area contributed by atoms with Crippen molar-refractivity contribution in [2.24, 2.45) is 0 Å². The molecule has 130 valence electrons. The predicted molar refractivity (Wildman–Crippen MR) is 93.3 cm³/mol. The molecule has 1 heterocycles. The largest absolute Gasteiger partial charge is 0.453 e. The third-order valence-electron chi connectivity index (χ3n) is 3.26. The number of H-pyrrole nitrogens is 1. The van der Waals surface area contributed by atoms with Crippen molar-refractivity contribution in [1.82, 2.24) is 9.97 Å². The summed E-state index contributed by atoms with van der Waals surface area (Å²) in [6.07, 6.45) is -0.647. The fourth-order valence-corrected chi connectivity index (χ4v) is 2.13. The van der Waals surface area contributed by atoms with Gasteiger partial charge >= 0.3 is 6.09 Å². The number of carbonyl (C=O) groups excluding carboxylic acids is 2. The van der Waals surface area contributed by atoms with Crippen LogP contribution >= 0.6 is 0 Å². The molecular formula is C18H18FN3O3. The van der Waals surface area contributed by atoms with E-state index in [1.54, 1.807) is 18.2 Å². The summed E-state index contributed by atoms with van der Waals surface area (Å²) in [5, 5.41) is 2.41. The molecule has 0 aliphatic rings. The molecule has 3 aromatic rings. The Morgan fingerprint density at radius 3 is 2.36 bits per heavy atom. The molecule has 2 aromatic carbocycles. The number of methoxy groups -OCH3 is 1. The summed E-state index contributed by atoms with van der Waals surface area (Å²) < 4.78 is 17.4. The first-order valence-electron chi connectivity index (χ1n) is 7.72. The molecule has 7 heteroatoms. The van der Waals surface area contributed by atoms with Gasteiger partial charge in [-0.25, -0.2) is 14.2 Å². The van der Waals surface area contributed by atoms with E-state index in [-0.39, 0.29) is 11.7 Å². The number of aromatic nitrogens is 2. The van der Waals surface area contributed by atoms with Crippen LogP contribution in [-0.4, -0.2) is 29.0 Å². The minimum Gasteiger partial charge on any atom is -0.453 e. The van der Waals surface area contributed by atoms with Gasteiger partial charge < -0.3 is 9.72 Å². The number of ether oxygens (including phenoxy) is 1. The lowest BCUT2D eigenvalue weighted by Crippen LogP contribution is -2.11. The minimum absolute atomic E-state index is 0.221. The molecule has 2 N–H and O–H groups in total. The van der Waals surface area contributed by atoms with E-state index >= 15 is 0 Å². The maximum Gasteiger partial charge on any atom is 0.413 e. The zero-order valence-electron chi connectivity index (χ0n) is 14.1. The molecule has 0 aliphatic heterocycles. The average Bonchev–Trinajstić information content (AvgIpc) is 3.04. The Morgan fingerprint density at radius 1 is 1.08 bits per heavy atom. The second-order valence-electron chi connectivity index (χ2n) is 4.77. The van der Waals surface area contributed by atoms with Gasteiger partial charge in [-0.05, 0) is 42.5 Å². The Morgan fingerprint density at radius 2 is 1.72 bits per heavy atom. The third kappa shape index (κ3) is 4.20. The number of nitrogens with zero attached hydrogens (tertiary/aromatic N) is 1. The van der Waals surface area contributed by atoms with Gasteiger partial charge in [-0.2, -0.15) is 0 Å². The molecule has 0 saturated heterocycles. The second-order valence-corrected chi connectivity index (χ2v) is 4.77. The van der Waals surface area contributed by atoms with Crippen LogP contribution < -0.4 is 5.32 Å². The predicted octanol–water partition coefficient (Wildman–Crippen LogP) is 4.14. The van der Waals surface area contributed by atoms with Crippen molar-refractivity contribution in [2.45, 2.75) is 13.8 Å². The van der Waals surface area contributed by atoms with Crippen molar-refractivity contribution in [3.05, 3.63) is 59.4 Å². The van der Waals surface area contributed by atoms with Gasteiger partial charge in [0.2, 0.25) is 5.95 Å². The summed E-state index contributed by atoms with van der Waals surface area (Å²) in [6.45, 7) is 4.00. The van der Waals surface area contributed by atoms with Crippen molar-refractivity contribution in [3.8, 4) is 0 Å². The summed E-state index contributed by atoms with van der Waals surface area (Å²) in [7, 11) is 1.25. The third-order valence-corrected chi connectivity index (χ3v) is 3.26. The lowest BCUT2D eigenvalue weighted by Gasteiger charge is -2.01. The van der Waals surface area contributed by atoms with Gasteiger partial charge in [0.25, 0.3) is 0 Å². The average molecular weight is 343 g/mol. The van der Waals surface area contributed by atoms with Crippen LogP contribution in [0.15, 0.2) is 42.5 Å². The molecule has 1 aromatic heterocycles. The van der Waals surface area contributed by atoms with Gasteiger partial charge in [-0.15, -0.1) is 0 Å². The molecular weight excluding hydrogens is 325 g/mol. The van der Waals surface area contributed by atoms with Crippen LogP contribution in [0.1, 0.15) is 29.8 Å². The number of aromatic amines is 1. The van der Waals surface area contributed by atoms with E-state index in [1.807, 2.05) is 13.8 Å². The van der Waals surface area contributed by atoms with Crippen LogP contribution in [0.3, 0.4) is 0 Å². The van der Waals surface area contributed by atoms with Crippen LogP contribution in [0.2, 0.25) is 0 Å². The van der Waals surface area contributed by atoms with Gasteiger partial charge in [0.15, 0.2) is 5.78 Å². The summed E-state index contributed by atoms with van der Waals surface area (Å²) >= 11 is 0. The highest BCUT2D eigenvalue weighted by atomic mass is 19.1. The van der Waals surface area contributed by atoms with E-state index in [0.29, 0.717) is 22.2 Å². The molecule has 1 amide bonds. The van der Waals surface area contributed by atoms with Crippen molar-refractivity contribution in [1.29, 1.82) is 0 Å². The topological polar surface area (TPSA) is 84.1 Å². The second kappa shape index (κ2) is 8.05. The Labute approximate surface area is 144 Å². The zero-order valence-corrected chi connectivity index (χ0v) is 14.1. The van der Waals surface area contributed by atoms with Crippen molar-refractivity contribution < 1.29 is 18.7 Å². The van der Waals surface area contributed by atoms with Crippen LogP contribution in [0.25, 0.3) is 11.0 Å². The first-order valence-corrected chi connectivity index (χ1v) is 7.72. The Balaban J connectivity index is 0.00000109. The van der Waals surface area contributed by atoms with Crippen molar-refractivity contribution in [2.75, 3.05) is 12.4 Å². The van der Waals surface area contributed by atoms with Crippen molar-refractivity contribution >= 4 is 28.9 Å². The number of halogens is 1. The maximum atomic E-state index is 12.9. The summed E-state index contributed by atoms with van der Waals surface area (Å²) in [4.78, 5) is 30.6. The molecule has 0 bridgehead atoms. The highest BCUT2D eigenvalue weighted by Crippen LogP contribution is 2.19. The van der Waals surface area contributed by atoms with Crippen LogP contribution in [0, 0.1) is 5.82 Å². The first-order chi connectivity index (χ1) is 12.1. The number of carbonyl (C=O) groups is 2. The van der Waals surface area contributed by atoms with E-state index in [0.717, 1.165) is 0 Å². The van der Waals surface area contributed by atoms with Gasteiger partial charge in [0, 0.05) is 11.1 Å². The zero-order chi connectivity index (χ0) is 18.4. The number of anilines is 1. The Kier molecular flexibility index (Phi) is 5.84. The number of benzene rings is 2. The van der Waals surface area contributed by atoms with Crippen LogP contribution in [0.4, 0.5) is 15.1 Å². The number of hydrogen-bond acceptors (Lipinski definition) is 4. The number of ketones is 1. The van der Waals surface area contributed by atoms with Crippen molar-refractivity contribution in [3.63, 3.8) is 0 Å². The molecule has 0 saturated carbocycles. The molecule has 0 radical (unpaired) electrons. The van der Waals surface area contributed by atoms with Crippen LogP contribution in [0.5, 0.6) is 0 Å². The fourth-order valence-electron chi connectivity index (χ4n) is 2.13. The fraction of sp³-hybridized carbons (Fsp3) is 0.167. The molecule has 0 unspecified atom stereocenters. The van der Waals surface area contributed by atoms with Gasteiger partial charge in [-0.1, -0.05) is 13.8 Å². The number of imidazole rings is 1. The minimum atomic E-state index is -0.647. The lowest BCUT2D eigenvalue weighted by molar-refractivity contribution is 0.103. The monoisotopic (exact) mass is 343 g/mol. The van der Waals surface area contributed by atoms with Gasteiger partial charge in [0.1, 0.15) is 5.82 Å². The number of hydrogen-bond donors (Lipinski definition) is 2. The van der Waals surface area contributed by atoms with Gasteiger partial charge in [0.05, 0.1) is 18.1 Å². The van der Waals surface area contributed by atoms with E-state index in [1.165, 1.54) is 31.4 Å². The van der Waals surface area contributed by atoms with Crippen LogP contribution in [-0.2, 0) is 4.74 Å². The summed E-state index contributed by atoms with van der Waals surface area (Å²) in [5.41, 5.74) is 1.99. The molecule has 0 spiro atoms. The summed E-state index contributed by atoms with van der Waals surface area (Å²) in [6, 6.07) is 10.2. The molecule has 3 rings (SSSR count). The molecule has 0 atom stereocenters. The highest BCUT2D eigenvalue weighted by molar-refractivity contribution is 6.10. The SMILES string of the molecule is CC.COC(=O)Nc1nc2ccc(C(=O)c3ccc(F)cc3)cc2[nH]1. The summed E-state index contributed by atoms with van der Waals surface area (Å²) in [5.74, 6) is -0.411. The number of amides is 1. The van der Waals surface area contributed by atoms with E-state index < -0.39 is 11.9 Å². The van der Waals surface area contributed by atoms with E-state index in [4.69, 9.17) is 0 Å². The lowest BCUT2D eigenvalue weighted by atomic mass is 10.0. The highest BCUT2D eigenvalue weighted by Gasteiger charge is 2.12. The van der Waals surface area contributed by atoms with E-state index in [9.17, 15) is 14.0 Å². The normalized spacial score (nSPS) is 9.92. The molecule has 0 fully saturated rings. The number of rotatable bonds is 3. The molecule has 0 aliphatic carbocycles. The molecule has 6 nitrogen and oxygen atoms in total. The Hall–Kier alpha value is -3.22. The number of nitrogens with one attached hydrogen (secondary N) is 2. The Bertz CT molecular complexity index is 888. The standard InChI is InChI=1S/C16H12FN3O3.C2H6/c1-23-16(22)20-15-18-12-7-4-10(8-13(12)19-15)14(21)9-2-5-11(17)6-3-9;1-2/h2-8H,1H3,(H2,18,19,20,22);1-2H3. The van der Waals surface area contributed by atoms with Gasteiger partial charge in [-0.3, -0.25) is 10.1 Å². The first kappa shape index (κ1) is 18.1. The maximum absolute atomic E-state index is 12.9. The quantitative estimate of drug-likeness (QED) is 0.700.